The van der Waals surface area contributed by atoms with E-state index in [0.717, 1.165) is 84.3 Å². The Balaban J connectivity index is 1.27. The van der Waals surface area contributed by atoms with Gasteiger partial charge in [0.25, 0.3) is 0 Å². The normalized spacial score (nSPS) is 11.6. The molecule has 0 unspecified atom stereocenters. The highest BCUT2D eigenvalue weighted by atomic mass is 16.3. The molecule has 0 heterocycles. The topological polar surface area (TPSA) is 71.3 Å². The van der Waals surface area contributed by atoms with E-state index in [2.05, 4.69) is 94.6 Å². The molecule has 3 rings (SSSR count). The van der Waals surface area contributed by atoms with Crippen molar-refractivity contribution >= 4 is 17.6 Å². The fourth-order valence-corrected chi connectivity index (χ4v) is 5.14. The number of phenolic OH excluding ortho intramolecular Hbond substituents is 2. The molecule has 0 amide bonds. The number of hydrogen-bond donors (Lipinski definition) is 3. The number of nitrogens with zero attached hydrogens (tertiary/aromatic N) is 3. The highest BCUT2D eigenvalue weighted by Gasteiger charge is 2.08. The van der Waals surface area contributed by atoms with Crippen molar-refractivity contribution in [2.75, 3.05) is 38.0 Å². The van der Waals surface area contributed by atoms with Gasteiger partial charge in [0.05, 0.1) is 5.69 Å². The molecule has 0 radical (unpaired) electrons. The van der Waals surface area contributed by atoms with Crippen molar-refractivity contribution < 1.29 is 10.2 Å². The maximum Gasteiger partial charge on any atom is 0.143 e. The Morgan fingerprint density at radius 3 is 1.79 bits per heavy atom. The average Bonchev–Trinajstić information content (AvgIpc) is 3.01. The molecule has 0 fully saturated rings. The fraction of sp³-hybridized carbons (Fsp3) is 0.472. The zero-order valence-electron chi connectivity index (χ0n) is 25.8. The van der Waals surface area contributed by atoms with E-state index in [1.54, 1.807) is 12.1 Å². The van der Waals surface area contributed by atoms with Gasteiger partial charge in [0.15, 0.2) is 0 Å². The highest BCUT2D eigenvalue weighted by molar-refractivity contribution is 5.72. The van der Waals surface area contributed by atoms with Crippen LogP contribution in [-0.2, 0) is 13.1 Å². The van der Waals surface area contributed by atoms with Crippen LogP contribution in [0.1, 0.15) is 76.3 Å². The summed E-state index contributed by atoms with van der Waals surface area (Å²) in [6, 6.07) is 24.4. The lowest BCUT2D eigenvalue weighted by Gasteiger charge is -2.20. The fourth-order valence-electron chi connectivity index (χ4n) is 5.14. The van der Waals surface area contributed by atoms with Crippen LogP contribution in [0.2, 0.25) is 0 Å². The summed E-state index contributed by atoms with van der Waals surface area (Å²) in [5.41, 5.74) is 3.70. The summed E-state index contributed by atoms with van der Waals surface area (Å²) in [5.74, 6) is 0.210. The number of aliphatic imine (C=N–C) groups is 1. The van der Waals surface area contributed by atoms with Crippen molar-refractivity contribution in [1.82, 2.24) is 9.80 Å². The van der Waals surface area contributed by atoms with Gasteiger partial charge in [0, 0.05) is 38.0 Å². The third-order valence-corrected chi connectivity index (χ3v) is 7.74. The van der Waals surface area contributed by atoms with Gasteiger partial charge in [0.2, 0.25) is 0 Å². The Kier molecular flexibility index (Phi) is 15.6. The van der Waals surface area contributed by atoms with Gasteiger partial charge in [-0.05, 0) is 69.4 Å². The molecule has 6 heteroatoms. The van der Waals surface area contributed by atoms with Crippen LogP contribution in [0.3, 0.4) is 0 Å². The van der Waals surface area contributed by atoms with E-state index in [-0.39, 0.29) is 11.5 Å². The standard InChI is InChI=1S/C36H52N4O2/c1-3-39(29-31-19-11-9-12-20-31)25-17-7-5-15-23-37-33-27-36(42)34(28-35(33)41)38-24-16-6-8-18-26-40(4-2)30-32-21-13-10-14-22-32/h9-14,19-23,27-28,38,41-42H,3-8,15-18,24-26,29-30H2,1-2H3. The minimum absolute atomic E-state index is 0.0872. The third kappa shape index (κ3) is 12.7. The van der Waals surface area contributed by atoms with Crippen molar-refractivity contribution in [3.8, 4) is 11.5 Å². The molecule has 0 saturated carbocycles. The van der Waals surface area contributed by atoms with Crippen LogP contribution in [0.4, 0.5) is 11.4 Å². The van der Waals surface area contributed by atoms with E-state index < -0.39 is 0 Å². The van der Waals surface area contributed by atoms with E-state index in [0.29, 0.717) is 11.4 Å². The smallest absolute Gasteiger partial charge is 0.143 e. The minimum atomic E-state index is 0.0872. The summed E-state index contributed by atoms with van der Waals surface area (Å²) in [5, 5.41) is 24.2. The number of nitrogens with one attached hydrogen (secondary N) is 1. The average molecular weight is 573 g/mol. The lowest BCUT2D eigenvalue weighted by molar-refractivity contribution is 0.272. The summed E-state index contributed by atoms with van der Waals surface area (Å²) in [6.07, 6.45) is 10.6. The largest absolute Gasteiger partial charge is 0.506 e. The minimum Gasteiger partial charge on any atom is -0.506 e. The lowest BCUT2D eigenvalue weighted by Crippen LogP contribution is -2.24. The first-order chi connectivity index (χ1) is 20.6. The summed E-state index contributed by atoms with van der Waals surface area (Å²) < 4.78 is 0. The van der Waals surface area contributed by atoms with E-state index >= 15 is 0 Å². The maximum absolute atomic E-state index is 10.5. The molecular weight excluding hydrogens is 520 g/mol. The number of aromatic hydroxyl groups is 2. The molecule has 3 N–H and O–H groups in total. The first-order valence-corrected chi connectivity index (χ1v) is 15.9. The van der Waals surface area contributed by atoms with Crippen LogP contribution < -0.4 is 5.32 Å². The SMILES string of the molecule is CCN(CCCCCC=Nc1cc(O)c(NCCCCCCN(CC)Cc2ccccc2)cc1O)Cc1ccccc1. The molecule has 3 aromatic carbocycles. The molecule has 0 aromatic heterocycles. The number of phenols is 2. The van der Waals surface area contributed by atoms with Crippen LogP contribution in [0, 0.1) is 0 Å². The predicted molar refractivity (Wildman–Crippen MR) is 178 cm³/mol. The molecular formula is C36H52N4O2. The predicted octanol–water partition coefficient (Wildman–Crippen LogP) is 8.38. The Bertz CT molecular complexity index is 1150. The van der Waals surface area contributed by atoms with Crippen LogP contribution >= 0.6 is 0 Å². The van der Waals surface area contributed by atoms with Crippen molar-refractivity contribution in [2.45, 2.75) is 78.3 Å². The highest BCUT2D eigenvalue weighted by Crippen LogP contribution is 2.36. The third-order valence-electron chi connectivity index (χ3n) is 7.74. The molecule has 3 aromatic rings. The lowest BCUT2D eigenvalue weighted by atomic mass is 10.1. The van der Waals surface area contributed by atoms with Gasteiger partial charge in [0.1, 0.15) is 17.2 Å². The van der Waals surface area contributed by atoms with Gasteiger partial charge >= 0.3 is 0 Å². The molecule has 228 valence electrons. The molecule has 0 aliphatic carbocycles. The van der Waals surface area contributed by atoms with Gasteiger partial charge in [-0.2, -0.15) is 0 Å². The quantitative estimate of drug-likeness (QED) is 0.0518. The zero-order chi connectivity index (χ0) is 29.8. The Labute approximate surface area is 254 Å². The van der Waals surface area contributed by atoms with Gasteiger partial charge < -0.3 is 15.5 Å². The van der Waals surface area contributed by atoms with Crippen molar-refractivity contribution in [3.63, 3.8) is 0 Å². The monoisotopic (exact) mass is 572 g/mol. The van der Waals surface area contributed by atoms with Crippen LogP contribution in [0.25, 0.3) is 0 Å². The van der Waals surface area contributed by atoms with Crippen LogP contribution in [0.5, 0.6) is 11.5 Å². The van der Waals surface area contributed by atoms with Gasteiger partial charge in [-0.3, -0.25) is 14.8 Å². The van der Waals surface area contributed by atoms with Crippen molar-refractivity contribution in [1.29, 1.82) is 0 Å². The second-order valence-corrected chi connectivity index (χ2v) is 11.1. The molecule has 42 heavy (non-hydrogen) atoms. The van der Waals surface area contributed by atoms with Crippen molar-refractivity contribution in [3.05, 3.63) is 83.9 Å². The van der Waals surface area contributed by atoms with Gasteiger partial charge in [-0.1, -0.05) is 93.8 Å². The summed E-state index contributed by atoms with van der Waals surface area (Å²) in [4.78, 5) is 9.39. The maximum atomic E-state index is 10.5. The Morgan fingerprint density at radius 2 is 1.21 bits per heavy atom. The van der Waals surface area contributed by atoms with E-state index in [1.165, 1.54) is 24.0 Å². The van der Waals surface area contributed by atoms with E-state index in [9.17, 15) is 10.2 Å². The summed E-state index contributed by atoms with van der Waals surface area (Å²) in [6.45, 7) is 11.5. The molecule has 0 bridgehead atoms. The van der Waals surface area contributed by atoms with Gasteiger partial charge in [-0.15, -0.1) is 0 Å². The molecule has 0 spiro atoms. The van der Waals surface area contributed by atoms with Crippen LogP contribution in [-0.4, -0.2) is 59.0 Å². The molecule has 0 aliphatic rings. The molecule has 0 atom stereocenters. The van der Waals surface area contributed by atoms with Crippen LogP contribution in [0.15, 0.2) is 77.8 Å². The molecule has 0 aliphatic heterocycles. The second kappa shape index (κ2) is 19.7. The number of unbranched alkanes of at least 4 members (excludes halogenated alkanes) is 6. The summed E-state index contributed by atoms with van der Waals surface area (Å²) in [7, 11) is 0. The number of benzene rings is 3. The Morgan fingerprint density at radius 1 is 0.667 bits per heavy atom. The zero-order valence-corrected chi connectivity index (χ0v) is 25.8. The summed E-state index contributed by atoms with van der Waals surface area (Å²) >= 11 is 0. The van der Waals surface area contributed by atoms with Crippen molar-refractivity contribution in [2.24, 2.45) is 4.99 Å². The Hall–Kier alpha value is -3.35. The molecule has 6 nitrogen and oxygen atoms in total. The first-order valence-electron chi connectivity index (χ1n) is 15.9. The van der Waals surface area contributed by atoms with Gasteiger partial charge in [-0.25, -0.2) is 0 Å². The number of rotatable bonds is 21. The van der Waals surface area contributed by atoms with E-state index in [4.69, 9.17) is 0 Å². The first kappa shape index (κ1) is 33.2. The van der Waals surface area contributed by atoms with E-state index in [1.807, 2.05) is 6.21 Å². The molecule has 0 saturated heterocycles. The number of anilines is 1. The second-order valence-electron chi connectivity index (χ2n) is 11.1. The number of hydrogen-bond acceptors (Lipinski definition) is 6.